The predicted octanol–water partition coefficient (Wildman–Crippen LogP) is 2.94. The molecule has 6 nitrogen and oxygen atoms in total. The number of aliphatic imine (C=N–C) groups is 1. The van der Waals surface area contributed by atoms with Crippen molar-refractivity contribution in [2.45, 2.75) is 52.0 Å². The molecule has 2 fully saturated rings. The Hall–Kier alpha value is -1.82. The molecular formula is C21H35N5O. The fourth-order valence-corrected chi connectivity index (χ4v) is 4.02. The Labute approximate surface area is 163 Å². The average Bonchev–Trinajstić information content (AvgIpc) is 3.24. The molecule has 1 aromatic rings. The molecule has 27 heavy (non-hydrogen) atoms. The summed E-state index contributed by atoms with van der Waals surface area (Å²) in [4.78, 5) is 11.7. The van der Waals surface area contributed by atoms with Crippen molar-refractivity contribution in [1.82, 2.24) is 15.6 Å². The molecule has 0 unspecified atom stereocenters. The standard InChI is InChI=1S/C21H35N5O/c1-2-22-21(24-12-5-9-18-7-3-4-8-18)25-17-19-10-6-11-23-20(19)26-13-15-27-16-14-26/h6,10-11,18H,2-5,7-9,12-17H2,1H3,(H2,22,24,25). The van der Waals surface area contributed by atoms with E-state index in [1.54, 1.807) is 0 Å². The van der Waals surface area contributed by atoms with E-state index in [9.17, 15) is 0 Å². The van der Waals surface area contributed by atoms with Gasteiger partial charge in [-0.15, -0.1) is 0 Å². The largest absolute Gasteiger partial charge is 0.378 e. The van der Waals surface area contributed by atoms with Crippen LogP contribution in [0.15, 0.2) is 23.3 Å². The van der Waals surface area contributed by atoms with Gasteiger partial charge in [-0.1, -0.05) is 31.7 Å². The number of pyridine rings is 1. The lowest BCUT2D eigenvalue weighted by Crippen LogP contribution is -2.38. The van der Waals surface area contributed by atoms with Gasteiger partial charge < -0.3 is 20.3 Å². The maximum Gasteiger partial charge on any atom is 0.191 e. The lowest BCUT2D eigenvalue weighted by atomic mass is 10.0. The Morgan fingerprint density at radius 3 is 2.85 bits per heavy atom. The van der Waals surface area contributed by atoms with Crippen molar-refractivity contribution < 1.29 is 4.74 Å². The molecule has 0 aromatic carbocycles. The van der Waals surface area contributed by atoms with E-state index >= 15 is 0 Å². The van der Waals surface area contributed by atoms with E-state index in [1.807, 2.05) is 12.3 Å². The SMILES string of the molecule is CCNC(=NCc1cccnc1N1CCOCC1)NCCCC1CCCC1. The molecule has 2 N–H and O–H groups in total. The van der Waals surface area contributed by atoms with Crippen LogP contribution in [0.25, 0.3) is 0 Å². The topological polar surface area (TPSA) is 61.8 Å². The van der Waals surface area contributed by atoms with Crippen LogP contribution in [0.2, 0.25) is 0 Å². The normalized spacial score (nSPS) is 18.7. The summed E-state index contributed by atoms with van der Waals surface area (Å²) in [6, 6.07) is 4.13. The first-order valence-electron chi connectivity index (χ1n) is 10.7. The highest BCUT2D eigenvalue weighted by molar-refractivity contribution is 5.79. The minimum absolute atomic E-state index is 0.637. The second-order valence-electron chi connectivity index (χ2n) is 7.50. The summed E-state index contributed by atoms with van der Waals surface area (Å²) in [6.07, 6.45) is 10.2. The van der Waals surface area contributed by atoms with Crippen LogP contribution >= 0.6 is 0 Å². The monoisotopic (exact) mass is 373 g/mol. The van der Waals surface area contributed by atoms with Gasteiger partial charge in [0, 0.05) is 37.9 Å². The second kappa shape index (κ2) is 11.1. The molecule has 1 saturated carbocycles. The molecule has 2 heterocycles. The van der Waals surface area contributed by atoms with E-state index < -0.39 is 0 Å². The third kappa shape index (κ3) is 6.38. The number of nitrogens with one attached hydrogen (secondary N) is 2. The second-order valence-corrected chi connectivity index (χ2v) is 7.50. The number of ether oxygens (including phenoxy) is 1. The van der Waals surface area contributed by atoms with E-state index in [0.717, 1.165) is 57.1 Å². The molecule has 6 heteroatoms. The molecule has 0 radical (unpaired) electrons. The quantitative estimate of drug-likeness (QED) is 0.417. The number of hydrogen-bond acceptors (Lipinski definition) is 4. The first kappa shape index (κ1) is 19.9. The summed E-state index contributed by atoms with van der Waals surface area (Å²) in [5, 5.41) is 6.86. The smallest absolute Gasteiger partial charge is 0.191 e. The van der Waals surface area contributed by atoms with Crippen molar-refractivity contribution in [3.63, 3.8) is 0 Å². The molecule has 0 atom stereocenters. The average molecular weight is 374 g/mol. The van der Waals surface area contributed by atoms with Gasteiger partial charge in [0.1, 0.15) is 5.82 Å². The van der Waals surface area contributed by atoms with Crippen molar-refractivity contribution >= 4 is 11.8 Å². The lowest BCUT2D eigenvalue weighted by molar-refractivity contribution is 0.122. The zero-order valence-corrected chi connectivity index (χ0v) is 16.8. The van der Waals surface area contributed by atoms with Crippen LogP contribution in [0.1, 0.15) is 51.0 Å². The first-order valence-corrected chi connectivity index (χ1v) is 10.7. The fourth-order valence-electron chi connectivity index (χ4n) is 4.02. The van der Waals surface area contributed by atoms with E-state index in [2.05, 4.69) is 33.5 Å². The number of morpholine rings is 1. The molecule has 2 aliphatic rings. The molecule has 1 aliphatic heterocycles. The van der Waals surface area contributed by atoms with E-state index in [4.69, 9.17) is 9.73 Å². The molecule has 1 saturated heterocycles. The van der Waals surface area contributed by atoms with Crippen LogP contribution in [0.3, 0.4) is 0 Å². The summed E-state index contributed by atoms with van der Waals surface area (Å²) < 4.78 is 5.47. The van der Waals surface area contributed by atoms with Crippen LogP contribution in [-0.4, -0.2) is 50.3 Å². The van der Waals surface area contributed by atoms with Crippen LogP contribution < -0.4 is 15.5 Å². The van der Waals surface area contributed by atoms with Crippen LogP contribution in [0.4, 0.5) is 5.82 Å². The van der Waals surface area contributed by atoms with E-state index in [1.165, 1.54) is 44.1 Å². The van der Waals surface area contributed by atoms with Crippen LogP contribution in [-0.2, 0) is 11.3 Å². The Kier molecular flexibility index (Phi) is 8.21. The lowest BCUT2D eigenvalue weighted by Gasteiger charge is -2.29. The minimum atomic E-state index is 0.637. The predicted molar refractivity (Wildman–Crippen MR) is 111 cm³/mol. The Bertz CT molecular complexity index is 580. The number of nitrogens with zero attached hydrogens (tertiary/aromatic N) is 3. The molecule has 150 valence electrons. The van der Waals surface area contributed by atoms with Gasteiger partial charge in [-0.05, 0) is 31.7 Å². The van der Waals surface area contributed by atoms with Crippen molar-refractivity contribution in [1.29, 1.82) is 0 Å². The fraction of sp³-hybridized carbons (Fsp3) is 0.714. The maximum absolute atomic E-state index is 5.47. The van der Waals surface area contributed by atoms with Crippen molar-refractivity contribution in [2.24, 2.45) is 10.9 Å². The number of hydrogen-bond donors (Lipinski definition) is 2. The number of anilines is 1. The number of rotatable bonds is 8. The van der Waals surface area contributed by atoms with Gasteiger partial charge in [0.2, 0.25) is 0 Å². The van der Waals surface area contributed by atoms with Crippen molar-refractivity contribution in [3.8, 4) is 0 Å². The van der Waals surface area contributed by atoms with Gasteiger partial charge >= 0.3 is 0 Å². The first-order chi connectivity index (χ1) is 13.4. The van der Waals surface area contributed by atoms with Gasteiger partial charge in [0.05, 0.1) is 19.8 Å². The number of aromatic nitrogens is 1. The van der Waals surface area contributed by atoms with E-state index in [0.29, 0.717) is 6.54 Å². The van der Waals surface area contributed by atoms with Crippen molar-refractivity contribution in [2.75, 3.05) is 44.3 Å². The minimum Gasteiger partial charge on any atom is -0.378 e. The third-order valence-electron chi connectivity index (χ3n) is 5.49. The summed E-state index contributed by atoms with van der Waals surface area (Å²) >= 11 is 0. The number of guanidine groups is 1. The molecule has 1 aliphatic carbocycles. The zero-order chi connectivity index (χ0) is 18.7. The Balaban J connectivity index is 1.52. The third-order valence-corrected chi connectivity index (χ3v) is 5.49. The molecule has 3 rings (SSSR count). The summed E-state index contributed by atoms with van der Waals surface area (Å²) in [5.41, 5.74) is 1.17. The molecular weight excluding hydrogens is 338 g/mol. The molecule has 0 amide bonds. The van der Waals surface area contributed by atoms with E-state index in [-0.39, 0.29) is 0 Å². The Morgan fingerprint density at radius 2 is 2.07 bits per heavy atom. The molecule has 1 aromatic heterocycles. The van der Waals surface area contributed by atoms with Gasteiger partial charge in [-0.2, -0.15) is 0 Å². The highest BCUT2D eigenvalue weighted by Gasteiger charge is 2.16. The summed E-state index contributed by atoms with van der Waals surface area (Å²) in [6.45, 7) is 7.94. The molecule has 0 spiro atoms. The van der Waals surface area contributed by atoms with Gasteiger partial charge in [0.15, 0.2) is 5.96 Å². The Morgan fingerprint density at radius 1 is 1.26 bits per heavy atom. The van der Waals surface area contributed by atoms with Crippen LogP contribution in [0, 0.1) is 5.92 Å². The highest BCUT2D eigenvalue weighted by atomic mass is 16.5. The van der Waals surface area contributed by atoms with Gasteiger partial charge in [0.25, 0.3) is 0 Å². The highest BCUT2D eigenvalue weighted by Crippen LogP contribution is 2.28. The van der Waals surface area contributed by atoms with Crippen molar-refractivity contribution in [3.05, 3.63) is 23.9 Å². The summed E-state index contributed by atoms with van der Waals surface area (Å²) in [5.74, 6) is 2.90. The zero-order valence-electron chi connectivity index (χ0n) is 16.8. The molecule has 0 bridgehead atoms. The maximum atomic E-state index is 5.47. The summed E-state index contributed by atoms with van der Waals surface area (Å²) in [7, 11) is 0. The van der Waals surface area contributed by atoms with Gasteiger partial charge in [-0.3, -0.25) is 0 Å². The van der Waals surface area contributed by atoms with Gasteiger partial charge in [-0.25, -0.2) is 9.98 Å². The van der Waals surface area contributed by atoms with Crippen LogP contribution in [0.5, 0.6) is 0 Å².